The Balaban J connectivity index is 2.45. The van der Waals surface area contributed by atoms with Crippen LogP contribution in [0.25, 0.3) is 0 Å². The Morgan fingerprint density at radius 1 is 1.20 bits per heavy atom. The number of carboxylic acid groups (broad SMARTS) is 1. The van der Waals surface area contributed by atoms with Gasteiger partial charge in [0.25, 0.3) is 0 Å². The first kappa shape index (κ1) is 16.5. The molecule has 0 saturated carbocycles. The van der Waals surface area contributed by atoms with Crippen LogP contribution in [-0.2, 0) is 6.42 Å². The van der Waals surface area contributed by atoms with Crippen molar-refractivity contribution in [2.75, 3.05) is 19.6 Å². The second kappa shape index (κ2) is 7.28. The Morgan fingerprint density at radius 2 is 1.80 bits per heavy atom. The van der Waals surface area contributed by atoms with Crippen molar-refractivity contribution in [3.63, 3.8) is 0 Å². The van der Waals surface area contributed by atoms with Crippen molar-refractivity contribution in [1.82, 2.24) is 4.90 Å². The summed E-state index contributed by atoms with van der Waals surface area (Å²) in [6, 6.07) is 6.40. The van der Waals surface area contributed by atoms with E-state index < -0.39 is 18.6 Å². The third kappa shape index (κ3) is 6.06. The molecule has 1 rings (SSSR count). The minimum absolute atomic E-state index is 0.00674. The first-order chi connectivity index (χ1) is 9.31. The third-order valence-corrected chi connectivity index (χ3v) is 3.08. The summed E-state index contributed by atoms with van der Waals surface area (Å²) in [6.07, 6.45) is -4.33. The van der Waals surface area contributed by atoms with Gasteiger partial charge in [-0.15, -0.1) is 0 Å². The van der Waals surface area contributed by atoms with Crippen molar-refractivity contribution in [2.24, 2.45) is 0 Å². The predicted molar refractivity (Wildman–Crippen MR) is 69.9 cm³/mol. The zero-order chi connectivity index (χ0) is 15.2. The van der Waals surface area contributed by atoms with Gasteiger partial charge in [0.15, 0.2) is 0 Å². The Bertz CT molecular complexity index is 429. The third-order valence-electron chi connectivity index (χ3n) is 3.08. The van der Waals surface area contributed by atoms with Gasteiger partial charge in [-0.2, -0.15) is 13.2 Å². The lowest BCUT2D eigenvalue weighted by Crippen LogP contribution is -2.30. The number of aromatic carboxylic acids is 1. The fourth-order valence-corrected chi connectivity index (χ4v) is 1.81. The molecule has 3 nitrogen and oxygen atoms in total. The highest BCUT2D eigenvalue weighted by molar-refractivity contribution is 5.87. The molecule has 0 saturated heterocycles. The van der Waals surface area contributed by atoms with Crippen LogP contribution in [0.3, 0.4) is 0 Å². The van der Waals surface area contributed by atoms with Crippen molar-refractivity contribution in [3.05, 3.63) is 35.4 Å². The molecule has 20 heavy (non-hydrogen) atoms. The number of likely N-dealkylation sites (N-methyl/N-ethyl adjacent to an activating group) is 1. The van der Waals surface area contributed by atoms with Crippen molar-refractivity contribution >= 4 is 5.97 Å². The van der Waals surface area contributed by atoms with Crippen LogP contribution >= 0.6 is 0 Å². The molecule has 0 fully saturated rings. The minimum atomic E-state index is -4.13. The summed E-state index contributed by atoms with van der Waals surface area (Å²) in [4.78, 5) is 12.4. The van der Waals surface area contributed by atoms with Gasteiger partial charge in [0, 0.05) is 13.1 Å². The standard InChI is InChI=1S/C14H18F3NO2/c1-2-18(10-8-14(15,16)17)9-7-11-3-5-12(6-4-11)13(19)20/h3-6H,2,7-10H2,1H3,(H,19,20). The zero-order valence-electron chi connectivity index (χ0n) is 11.3. The molecule has 112 valence electrons. The van der Waals surface area contributed by atoms with E-state index in [2.05, 4.69) is 0 Å². The molecule has 0 amide bonds. The van der Waals surface area contributed by atoms with E-state index in [1.807, 2.05) is 6.92 Å². The van der Waals surface area contributed by atoms with Gasteiger partial charge < -0.3 is 10.0 Å². The summed E-state index contributed by atoms with van der Waals surface area (Å²) in [7, 11) is 0. The summed E-state index contributed by atoms with van der Waals surface area (Å²) in [6.45, 7) is 2.90. The second-order valence-corrected chi connectivity index (χ2v) is 4.55. The molecular weight excluding hydrogens is 271 g/mol. The first-order valence-electron chi connectivity index (χ1n) is 6.43. The van der Waals surface area contributed by atoms with Crippen LogP contribution in [0.15, 0.2) is 24.3 Å². The Kier molecular flexibility index (Phi) is 6.01. The fraction of sp³-hybridized carbons (Fsp3) is 0.500. The quantitative estimate of drug-likeness (QED) is 0.838. The maximum Gasteiger partial charge on any atom is 0.390 e. The maximum absolute atomic E-state index is 12.2. The van der Waals surface area contributed by atoms with Crippen molar-refractivity contribution in [3.8, 4) is 0 Å². The molecule has 0 radical (unpaired) electrons. The van der Waals surface area contributed by atoms with Crippen LogP contribution in [0.1, 0.15) is 29.3 Å². The molecule has 6 heteroatoms. The van der Waals surface area contributed by atoms with E-state index in [0.29, 0.717) is 19.5 Å². The van der Waals surface area contributed by atoms with Crippen molar-refractivity contribution in [2.45, 2.75) is 25.9 Å². The van der Waals surface area contributed by atoms with Crippen LogP contribution in [0.2, 0.25) is 0 Å². The van der Waals surface area contributed by atoms with Crippen LogP contribution in [0.5, 0.6) is 0 Å². The molecule has 1 aromatic carbocycles. The van der Waals surface area contributed by atoms with Gasteiger partial charge in [-0.1, -0.05) is 19.1 Å². The van der Waals surface area contributed by atoms with Crippen molar-refractivity contribution < 1.29 is 23.1 Å². The molecule has 0 bridgehead atoms. The van der Waals surface area contributed by atoms with Gasteiger partial charge in [0.2, 0.25) is 0 Å². The Morgan fingerprint density at radius 3 is 2.25 bits per heavy atom. The normalized spacial score (nSPS) is 11.8. The number of alkyl halides is 3. The fourth-order valence-electron chi connectivity index (χ4n) is 1.81. The number of benzene rings is 1. The average Bonchev–Trinajstić information content (AvgIpc) is 2.38. The second-order valence-electron chi connectivity index (χ2n) is 4.55. The maximum atomic E-state index is 12.2. The van der Waals surface area contributed by atoms with Crippen LogP contribution in [0, 0.1) is 0 Å². The molecule has 0 heterocycles. The molecule has 0 atom stereocenters. The van der Waals surface area contributed by atoms with Crippen LogP contribution in [-0.4, -0.2) is 41.8 Å². The highest BCUT2D eigenvalue weighted by Crippen LogP contribution is 2.19. The number of hydrogen-bond acceptors (Lipinski definition) is 2. The Hall–Kier alpha value is -1.56. The lowest BCUT2D eigenvalue weighted by atomic mass is 10.1. The number of nitrogens with zero attached hydrogens (tertiary/aromatic N) is 1. The molecule has 1 aromatic rings. The van der Waals surface area contributed by atoms with E-state index in [-0.39, 0.29) is 12.1 Å². The van der Waals surface area contributed by atoms with Crippen LogP contribution in [0.4, 0.5) is 13.2 Å². The summed E-state index contributed by atoms with van der Waals surface area (Å²) in [5.41, 5.74) is 1.12. The number of hydrogen-bond donors (Lipinski definition) is 1. The number of carbonyl (C=O) groups is 1. The lowest BCUT2D eigenvalue weighted by Gasteiger charge is -2.21. The summed E-state index contributed by atoms with van der Waals surface area (Å²) in [5.74, 6) is -0.989. The summed E-state index contributed by atoms with van der Waals surface area (Å²) in [5, 5.41) is 8.76. The summed E-state index contributed by atoms with van der Waals surface area (Å²) < 4.78 is 36.5. The minimum Gasteiger partial charge on any atom is -0.478 e. The monoisotopic (exact) mass is 289 g/mol. The topological polar surface area (TPSA) is 40.5 Å². The molecule has 0 aliphatic rings. The van der Waals surface area contributed by atoms with Gasteiger partial charge in [-0.3, -0.25) is 0 Å². The van der Waals surface area contributed by atoms with Gasteiger partial charge in [0.05, 0.1) is 12.0 Å². The van der Waals surface area contributed by atoms with E-state index >= 15 is 0 Å². The average molecular weight is 289 g/mol. The zero-order valence-corrected chi connectivity index (χ0v) is 11.3. The van der Waals surface area contributed by atoms with Gasteiger partial charge in [0.1, 0.15) is 0 Å². The van der Waals surface area contributed by atoms with E-state index in [1.54, 1.807) is 17.0 Å². The van der Waals surface area contributed by atoms with Gasteiger partial charge in [-0.05, 0) is 30.7 Å². The number of carboxylic acids is 1. The van der Waals surface area contributed by atoms with E-state index in [1.165, 1.54) is 12.1 Å². The van der Waals surface area contributed by atoms with E-state index in [4.69, 9.17) is 5.11 Å². The first-order valence-corrected chi connectivity index (χ1v) is 6.43. The molecule has 0 aliphatic heterocycles. The molecule has 0 unspecified atom stereocenters. The number of rotatable bonds is 7. The number of halogens is 3. The summed E-state index contributed by atoms with van der Waals surface area (Å²) >= 11 is 0. The predicted octanol–water partition coefficient (Wildman–Crippen LogP) is 3.20. The smallest absolute Gasteiger partial charge is 0.390 e. The molecule has 0 aromatic heterocycles. The largest absolute Gasteiger partial charge is 0.478 e. The van der Waals surface area contributed by atoms with Crippen LogP contribution < -0.4 is 0 Å². The van der Waals surface area contributed by atoms with Gasteiger partial charge in [-0.25, -0.2) is 4.79 Å². The Labute approximate surface area is 116 Å². The SMILES string of the molecule is CCN(CCc1ccc(C(=O)O)cc1)CCC(F)(F)F. The van der Waals surface area contributed by atoms with Crippen molar-refractivity contribution in [1.29, 1.82) is 0 Å². The molecule has 1 N–H and O–H groups in total. The van der Waals surface area contributed by atoms with E-state index in [0.717, 1.165) is 5.56 Å². The van der Waals surface area contributed by atoms with Gasteiger partial charge >= 0.3 is 12.1 Å². The molecule has 0 spiro atoms. The lowest BCUT2D eigenvalue weighted by molar-refractivity contribution is -0.137. The highest BCUT2D eigenvalue weighted by atomic mass is 19.4. The highest BCUT2D eigenvalue weighted by Gasteiger charge is 2.27. The molecule has 0 aliphatic carbocycles. The molecular formula is C14H18F3NO2. The van der Waals surface area contributed by atoms with E-state index in [9.17, 15) is 18.0 Å².